The first kappa shape index (κ1) is 25.3. The quantitative estimate of drug-likeness (QED) is 0.239. The van der Waals surface area contributed by atoms with Crippen LogP contribution in [-0.2, 0) is 6.18 Å². The molecule has 0 bridgehead atoms. The molecule has 3 aromatic heterocycles. The van der Waals surface area contributed by atoms with Crippen LogP contribution >= 0.6 is 0 Å². The molecule has 1 N–H and O–H groups in total. The highest BCUT2D eigenvalue weighted by atomic mass is 19.4. The molecule has 0 aliphatic carbocycles. The van der Waals surface area contributed by atoms with Gasteiger partial charge in [0.15, 0.2) is 5.65 Å². The van der Waals surface area contributed by atoms with Crippen LogP contribution < -0.4 is 10.2 Å². The highest BCUT2D eigenvalue weighted by molar-refractivity contribution is 5.93. The number of hydrogen-bond acceptors (Lipinski definition) is 8. The standard InChI is InChI=1S/C26H24F3N7O2/c1-15(17-11-18(26(27,28)29)13-19(12-17)36(37)38)31-23-21-14-20(22-7-3-4-8-30-22)25(35-9-5-6-10-35)34-24(21)33-16(2)32-23/h3-4,7-8,11-15H,5-6,9-10H2,1-2H3,(H,31,32,33,34)/t15-/m1/s1. The lowest BCUT2D eigenvalue weighted by atomic mass is 10.0. The summed E-state index contributed by atoms with van der Waals surface area (Å²) in [5.74, 6) is 1.55. The molecule has 38 heavy (non-hydrogen) atoms. The Hall–Kier alpha value is -4.35. The van der Waals surface area contributed by atoms with Crippen molar-refractivity contribution in [2.24, 2.45) is 0 Å². The molecule has 0 spiro atoms. The number of rotatable bonds is 6. The predicted octanol–water partition coefficient (Wildman–Crippen LogP) is 6.10. The minimum absolute atomic E-state index is 0.0996. The lowest BCUT2D eigenvalue weighted by Crippen LogP contribution is -2.20. The van der Waals surface area contributed by atoms with Crippen LogP contribution in [0.4, 0.5) is 30.5 Å². The van der Waals surface area contributed by atoms with E-state index in [2.05, 4.69) is 25.2 Å². The molecule has 1 atom stereocenters. The fraction of sp³-hybridized carbons (Fsp3) is 0.308. The highest BCUT2D eigenvalue weighted by Gasteiger charge is 2.33. The Morgan fingerprint density at radius 3 is 2.50 bits per heavy atom. The van der Waals surface area contributed by atoms with E-state index in [-0.39, 0.29) is 5.56 Å². The number of aromatic nitrogens is 4. The number of aryl methyl sites for hydroxylation is 1. The molecule has 0 radical (unpaired) electrons. The number of nitro benzene ring substituents is 1. The van der Waals surface area contributed by atoms with Gasteiger partial charge in [-0.15, -0.1) is 0 Å². The first-order valence-electron chi connectivity index (χ1n) is 12.1. The summed E-state index contributed by atoms with van der Waals surface area (Å²) < 4.78 is 40.4. The van der Waals surface area contributed by atoms with Crippen LogP contribution in [0.15, 0.2) is 48.7 Å². The van der Waals surface area contributed by atoms with E-state index in [4.69, 9.17) is 4.98 Å². The molecule has 1 aliphatic rings. The number of hydrogen-bond donors (Lipinski definition) is 1. The second-order valence-electron chi connectivity index (χ2n) is 9.19. The Morgan fingerprint density at radius 2 is 1.84 bits per heavy atom. The average Bonchev–Trinajstić information content (AvgIpc) is 3.42. The van der Waals surface area contributed by atoms with Crippen LogP contribution in [-0.4, -0.2) is 37.9 Å². The molecule has 4 heterocycles. The van der Waals surface area contributed by atoms with Crippen molar-refractivity contribution in [1.82, 2.24) is 19.9 Å². The van der Waals surface area contributed by atoms with Gasteiger partial charge in [-0.25, -0.2) is 15.0 Å². The van der Waals surface area contributed by atoms with Gasteiger partial charge in [-0.1, -0.05) is 6.07 Å². The van der Waals surface area contributed by atoms with Gasteiger partial charge in [0.05, 0.1) is 27.6 Å². The van der Waals surface area contributed by atoms with Crippen LogP contribution in [0.2, 0.25) is 0 Å². The third kappa shape index (κ3) is 5.06. The first-order chi connectivity index (χ1) is 18.1. The topological polar surface area (TPSA) is 110 Å². The van der Waals surface area contributed by atoms with Crippen molar-refractivity contribution < 1.29 is 18.1 Å². The monoisotopic (exact) mass is 523 g/mol. The van der Waals surface area contributed by atoms with Gasteiger partial charge >= 0.3 is 6.18 Å². The van der Waals surface area contributed by atoms with Crippen LogP contribution in [0.5, 0.6) is 0 Å². The van der Waals surface area contributed by atoms with E-state index in [9.17, 15) is 23.3 Å². The van der Waals surface area contributed by atoms with Gasteiger partial charge in [-0.2, -0.15) is 13.2 Å². The number of nitrogens with one attached hydrogen (secondary N) is 1. The molecule has 0 saturated carbocycles. The molecule has 0 unspecified atom stereocenters. The van der Waals surface area contributed by atoms with E-state index in [0.29, 0.717) is 28.7 Å². The van der Waals surface area contributed by atoms with Gasteiger partial charge < -0.3 is 10.2 Å². The number of alkyl halides is 3. The summed E-state index contributed by atoms with van der Waals surface area (Å²) in [6, 6.07) is 9.30. The fourth-order valence-electron chi connectivity index (χ4n) is 4.59. The number of fused-ring (bicyclic) bond motifs is 1. The van der Waals surface area contributed by atoms with E-state index < -0.39 is 28.4 Å². The van der Waals surface area contributed by atoms with Crippen molar-refractivity contribution in [3.63, 3.8) is 0 Å². The third-order valence-corrected chi connectivity index (χ3v) is 6.46. The van der Waals surface area contributed by atoms with Crippen LogP contribution in [0.1, 0.15) is 42.8 Å². The summed E-state index contributed by atoms with van der Waals surface area (Å²) in [4.78, 5) is 31.1. The maximum Gasteiger partial charge on any atom is 0.416 e. The Balaban J connectivity index is 1.61. The maximum atomic E-state index is 13.5. The smallest absolute Gasteiger partial charge is 0.363 e. The zero-order chi connectivity index (χ0) is 27.0. The van der Waals surface area contributed by atoms with E-state index in [1.165, 1.54) is 0 Å². The van der Waals surface area contributed by atoms with Gasteiger partial charge in [-0.05, 0) is 56.5 Å². The number of nitro groups is 1. The van der Waals surface area contributed by atoms with Crippen molar-refractivity contribution >= 4 is 28.4 Å². The SMILES string of the molecule is Cc1nc(N[C@H](C)c2cc([N+](=O)[O-])cc(C(F)(F)F)c2)c2cc(-c3ccccn3)c(N3CCCC3)nc2n1. The Morgan fingerprint density at radius 1 is 1.08 bits per heavy atom. The van der Waals surface area contributed by atoms with Crippen LogP contribution in [0, 0.1) is 17.0 Å². The molecular weight excluding hydrogens is 499 g/mol. The number of halogens is 3. The van der Waals surface area contributed by atoms with E-state index in [1.807, 2.05) is 24.3 Å². The first-order valence-corrected chi connectivity index (χ1v) is 12.1. The van der Waals surface area contributed by atoms with Crippen molar-refractivity contribution in [3.05, 3.63) is 75.7 Å². The molecule has 196 valence electrons. The largest absolute Gasteiger partial charge is 0.416 e. The highest BCUT2D eigenvalue weighted by Crippen LogP contribution is 2.37. The second-order valence-corrected chi connectivity index (χ2v) is 9.19. The van der Waals surface area contributed by atoms with Crippen LogP contribution in [0.25, 0.3) is 22.3 Å². The number of pyridine rings is 2. The maximum absolute atomic E-state index is 13.5. The fourth-order valence-corrected chi connectivity index (χ4v) is 4.59. The number of benzene rings is 1. The summed E-state index contributed by atoms with van der Waals surface area (Å²) in [6.45, 7) is 5.04. The van der Waals surface area contributed by atoms with Crippen molar-refractivity contribution in [2.75, 3.05) is 23.3 Å². The lowest BCUT2D eigenvalue weighted by molar-refractivity contribution is -0.385. The molecule has 0 amide bonds. The number of nitrogens with zero attached hydrogens (tertiary/aromatic N) is 6. The van der Waals surface area contributed by atoms with E-state index >= 15 is 0 Å². The zero-order valence-electron chi connectivity index (χ0n) is 20.7. The van der Waals surface area contributed by atoms with Crippen LogP contribution in [0.3, 0.4) is 0 Å². The van der Waals surface area contributed by atoms with Gasteiger partial charge in [0.25, 0.3) is 5.69 Å². The molecule has 1 aliphatic heterocycles. The van der Waals surface area contributed by atoms with Gasteiger partial charge in [0.1, 0.15) is 17.5 Å². The lowest BCUT2D eigenvalue weighted by Gasteiger charge is -2.22. The molecule has 1 fully saturated rings. The van der Waals surface area contributed by atoms with Gasteiger partial charge in [-0.3, -0.25) is 15.1 Å². The predicted molar refractivity (Wildman–Crippen MR) is 137 cm³/mol. The summed E-state index contributed by atoms with van der Waals surface area (Å²) >= 11 is 0. The minimum atomic E-state index is -4.73. The normalized spacial score (nSPS) is 14.6. The minimum Gasteiger partial charge on any atom is -0.363 e. The summed E-state index contributed by atoms with van der Waals surface area (Å²) in [5.41, 5.74) is 0.316. The van der Waals surface area contributed by atoms with E-state index in [1.54, 1.807) is 20.0 Å². The summed E-state index contributed by atoms with van der Waals surface area (Å²) in [6.07, 6.45) is -0.928. The Bertz CT molecular complexity index is 1510. The molecule has 1 aromatic carbocycles. The molecular formula is C26H24F3N7O2. The zero-order valence-corrected chi connectivity index (χ0v) is 20.7. The third-order valence-electron chi connectivity index (χ3n) is 6.46. The van der Waals surface area contributed by atoms with Gasteiger partial charge in [0, 0.05) is 37.0 Å². The second kappa shape index (κ2) is 9.84. The van der Waals surface area contributed by atoms with Crippen molar-refractivity contribution in [1.29, 1.82) is 0 Å². The molecule has 4 aromatic rings. The van der Waals surface area contributed by atoms with Crippen molar-refractivity contribution in [2.45, 2.75) is 38.9 Å². The summed E-state index contributed by atoms with van der Waals surface area (Å²) in [5, 5.41) is 15.0. The molecule has 9 nitrogen and oxygen atoms in total. The molecule has 1 saturated heterocycles. The Labute approximate surface area is 215 Å². The van der Waals surface area contributed by atoms with Crippen molar-refractivity contribution in [3.8, 4) is 11.3 Å². The number of non-ortho nitro benzene ring substituents is 1. The average molecular weight is 524 g/mol. The van der Waals surface area contributed by atoms with Gasteiger partial charge in [0.2, 0.25) is 0 Å². The number of anilines is 2. The summed E-state index contributed by atoms with van der Waals surface area (Å²) in [7, 11) is 0. The Kier molecular flexibility index (Phi) is 6.55. The van der Waals surface area contributed by atoms with E-state index in [0.717, 1.165) is 55.1 Å². The molecule has 5 rings (SSSR count). The molecule has 12 heteroatoms.